The molecule has 0 bridgehead atoms. The van der Waals surface area contributed by atoms with Gasteiger partial charge in [0, 0.05) is 6.42 Å². The summed E-state index contributed by atoms with van der Waals surface area (Å²) in [5, 5.41) is 10.00. The molecule has 1 aromatic heterocycles. The summed E-state index contributed by atoms with van der Waals surface area (Å²) >= 11 is 0. The summed E-state index contributed by atoms with van der Waals surface area (Å²) in [6.07, 6.45) is -1.96. The van der Waals surface area contributed by atoms with Gasteiger partial charge in [-0.1, -0.05) is 0 Å². The molecule has 1 fully saturated rings. The zero-order valence-electron chi connectivity index (χ0n) is 12.6. The number of halogens is 1. The van der Waals surface area contributed by atoms with Gasteiger partial charge in [-0.05, 0) is 13.8 Å². The lowest BCUT2D eigenvalue weighted by Crippen LogP contribution is -2.32. The van der Waals surface area contributed by atoms with Crippen LogP contribution in [0.3, 0.4) is 0 Å². The van der Waals surface area contributed by atoms with Gasteiger partial charge in [-0.25, -0.2) is 9.18 Å². The largest absolute Gasteiger partial charge is 0.388 e. The van der Waals surface area contributed by atoms with E-state index in [4.69, 9.17) is 19.5 Å². The Labute approximate surface area is 132 Å². The molecule has 4 N–H and O–H groups in total. The Hall–Kier alpha value is -1.16. The number of aliphatic hydroxyl groups excluding tert-OH is 1. The molecule has 0 spiro atoms. The van der Waals surface area contributed by atoms with E-state index in [2.05, 4.69) is 4.98 Å². The number of nitrogens with two attached hydrogens (primary N) is 1. The Morgan fingerprint density at radius 1 is 1.65 bits per heavy atom. The molecule has 0 saturated carbocycles. The van der Waals surface area contributed by atoms with Gasteiger partial charge in [0.15, 0.2) is 17.9 Å². The molecule has 9 nitrogen and oxygen atoms in total. The van der Waals surface area contributed by atoms with Crippen LogP contribution in [-0.2, 0) is 13.8 Å². The SMILES string of the molecule is CC(C)OP(O)OCC1CC(O)C(n2cc(F)c(N)nc2=O)O1. The highest BCUT2D eigenvalue weighted by Crippen LogP contribution is 2.36. The van der Waals surface area contributed by atoms with Crippen molar-refractivity contribution in [3.05, 3.63) is 22.5 Å². The summed E-state index contributed by atoms with van der Waals surface area (Å²) in [5.41, 5.74) is 4.38. The topological polar surface area (TPSA) is 129 Å². The maximum absolute atomic E-state index is 13.5. The summed E-state index contributed by atoms with van der Waals surface area (Å²) in [6, 6.07) is 0. The number of rotatable bonds is 6. The Balaban J connectivity index is 1.99. The van der Waals surface area contributed by atoms with Crippen LogP contribution in [0, 0.1) is 5.82 Å². The third kappa shape index (κ3) is 4.66. The number of aliphatic hydroxyl groups is 1. The van der Waals surface area contributed by atoms with Crippen LogP contribution in [0.1, 0.15) is 26.5 Å². The minimum absolute atomic E-state index is 0.0396. The summed E-state index contributed by atoms with van der Waals surface area (Å²) in [7, 11) is -2.05. The van der Waals surface area contributed by atoms with Crippen molar-refractivity contribution in [3.63, 3.8) is 0 Å². The fraction of sp³-hybridized carbons (Fsp3) is 0.667. The normalized spacial score (nSPS) is 25.9. The molecule has 4 atom stereocenters. The average molecular weight is 351 g/mol. The van der Waals surface area contributed by atoms with Crippen LogP contribution in [0.15, 0.2) is 11.0 Å². The Morgan fingerprint density at radius 2 is 2.35 bits per heavy atom. The van der Waals surface area contributed by atoms with E-state index in [0.717, 1.165) is 10.8 Å². The number of aromatic nitrogens is 2. The van der Waals surface area contributed by atoms with Crippen LogP contribution in [0.4, 0.5) is 10.2 Å². The van der Waals surface area contributed by atoms with E-state index in [1.807, 2.05) is 0 Å². The van der Waals surface area contributed by atoms with Gasteiger partial charge < -0.3 is 29.5 Å². The fourth-order valence-electron chi connectivity index (χ4n) is 2.09. The van der Waals surface area contributed by atoms with E-state index in [1.54, 1.807) is 13.8 Å². The molecule has 0 radical (unpaired) electrons. The second kappa shape index (κ2) is 7.61. The molecular formula is C12H19FN3O6P. The van der Waals surface area contributed by atoms with Gasteiger partial charge in [0.05, 0.1) is 25.0 Å². The number of anilines is 1. The smallest absolute Gasteiger partial charge is 0.351 e. The molecule has 0 aromatic carbocycles. The van der Waals surface area contributed by atoms with Crippen LogP contribution in [0.5, 0.6) is 0 Å². The van der Waals surface area contributed by atoms with Gasteiger partial charge in [0.1, 0.15) is 6.10 Å². The van der Waals surface area contributed by atoms with Crippen molar-refractivity contribution in [2.75, 3.05) is 12.3 Å². The van der Waals surface area contributed by atoms with Gasteiger partial charge >= 0.3 is 14.3 Å². The van der Waals surface area contributed by atoms with E-state index in [9.17, 15) is 19.2 Å². The fourth-order valence-corrected chi connectivity index (χ4v) is 2.80. The highest BCUT2D eigenvalue weighted by atomic mass is 31.2. The van der Waals surface area contributed by atoms with Crippen molar-refractivity contribution in [1.82, 2.24) is 9.55 Å². The van der Waals surface area contributed by atoms with Crippen molar-refractivity contribution in [2.45, 2.75) is 44.8 Å². The van der Waals surface area contributed by atoms with Crippen molar-refractivity contribution in [1.29, 1.82) is 0 Å². The predicted octanol–water partition coefficient (Wildman–Crippen LogP) is 0.274. The van der Waals surface area contributed by atoms with Crippen LogP contribution >= 0.6 is 8.60 Å². The lowest BCUT2D eigenvalue weighted by atomic mass is 10.2. The van der Waals surface area contributed by atoms with E-state index in [-0.39, 0.29) is 19.1 Å². The molecule has 1 aliphatic heterocycles. The van der Waals surface area contributed by atoms with Crippen LogP contribution in [0.25, 0.3) is 0 Å². The minimum atomic E-state index is -2.05. The minimum Gasteiger partial charge on any atom is -0.388 e. The quantitative estimate of drug-likeness (QED) is 0.623. The first-order valence-electron chi connectivity index (χ1n) is 6.94. The molecule has 23 heavy (non-hydrogen) atoms. The maximum atomic E-state index is 13.5. The highest BCUT2D eigenvalue weighted by molar-refractivity contribution is 7.40. The Morgan fingerprint density at radius 3 is 3.00 bits per heavy atom. The lowest BCUT2D eigenvalue weighted by Gasteiger charge is -2.18. The van der Waals surface area contributed by atoms with Crippen LogP contribution < -0.4 is 11.4 Å². The first-order chi connectivity index (χ1) is 10.8. The summed E-state index contributed by atoms with van der Waals surface area (Å²) in [4.78, 5) is 24.6. The van der Waals surface area contributed by atoms with E-state index < -0.39 is 44.4 Å². The van der Waals surface area contributed by atoms with Crippen molar-refractivity contribution < 1.29 is 28.2 Å². The summed E-state index contributed by atoms with van der Waals surface area (Å²) in [5.74, 6) is -1.40. The van der Waals surface area contributed by atoms with Crippen LogP contribution in [-0.4, -0.2) is 44.5 Å². The van der Waals surface area contributed by atoms with Gasteiger partial charge in [-0.2, -0.15) is 4.98 Å². The molecule has 130 valence electrons. The molecule has 1 saturated heterocycles. The van der Waals surface area contributed by atoms with Crippen molar-refractivity contribution in [3.8, 4) is 0 Å². The zero-order valence-corrected chi connectivity index (χ0v) is 13.5. The molecule has 0 amide bonds. The second-order valence-electron chi connectivity index (χ2n) is 5.30. The Bertz CT molecular complexity index is 601. The molecule has 2 heterocycles. The number of nitrogen functional groups attached to an aromatic ring is 1. The first-order valence-corrected chi connectivity index (χ1v) is 8.07. The number of nitrogens with zero attached hydrogens (tertiary/aromatic N) is 2. The standard InChI is InChI=1S/C12H19FN3O6P/c1-6(2)22-23(19)20-5-7-3-9(17)11(21-7)16-4-8(13)10(14)15-12(16)18/h4,6-7,9,11,17,19H,3,5H2,1-2H3,(H2,14,15,18). The van der Waals surface area contributed by atoms with E-state index >= 15 is 0 Å². The second-order valence-corrected chi connectivity index (χ2v) is 6.25. The Kier molecular flexibility index (Phi) is 6.01. The molecule has 2 rings (SSSR count). The predicted molar refractivity (Wildman–Crippen MR) is 78.7 cm³/mol. The van der Waals surface area contributed by atoms with Crippen molar-refractivity contribution in [2.24, 2.45) is 0 Å². The molecule has 1 aromatic rings. The van der Waals surface area contributed by atoms with E-state index in [1.165, 1.54) is 0 Å². The molecule has 4 unspecified atom stereocenters. The molecule has 1 aliphatic rings. The van der Waals surface area contributed by atoms with Gasteiger partial charge in [0.25, 0.3) is 0 Å². The maximum Gasteiger partial charge on any atom is 0.351 e. The van der Waals surface area contributed by atoms with E-state index in [0.29, 0.717) is 0 Å². The first kappa shape index (κ1) is 18.2. The summed E-state index contributed by atoms with van der Waals surface area (Å²) in [6.45, 7) is 3.45. The zero-order chi connectivity index (χ0) is 17.1. The van der Waals surface area contributed by atoms with Gasteiger partial charge in [0.2, 0.25) is 0 Å². The highest BCUT2D eigenvalue weighted by Gasteiger charge is 2.36. The molecular weight excluding hydrogens is 332 g/mol. The lowest BCUT2D eigenvalue weighted by molar-refractivity contribution is -0.0522. The van der Waals surface area contributed by atoms with Gasteiger partial charge in [-0.15, -0.1) is 0 Å². The summed E-state index contributed by atoms with van der Waals surface area (Å²) < 4.78 is 29.9. The van der Waals surface area contributed by atoms with Crippen molar-refractivity contribution >= 4 is 14.4 Å². The van der Waals surface area contributed by atoms with Crippen LogP contribution in [0.2, 0.25) is 0 Å². The number of ether oxygens (including phenoxy) is 1. The molecule has 11 heteroatoms. The van der Waals surface area contributed by atoms with Gasteiger partial charge in [-0.3, -0.25) is 4.57 Å². The third-order valence-electron chi connectivity index (χ3n) is 3.05. The number of hydrogen-bond donors (Lipinski definition) is 3. The monoisotopic (exact) mass is 351 g/mol. The average Bonchev–Trinajstić information content (AvgIpc) is 2.81. The third-order valence-corrected chi connectivity index (χ3v) is 4.02. The number of hydrogen-bond acceptors (Lipinski definition) is 8. The molecule has 0 aliphatic carbocycles.